The average Bonchev–Trinajstić information content (AvgIpc) is 2.72. The Morgan fingerprint density at radius 1 is 1.05 bits per heavy atom. The van der Waals surface area contributed by atoms with E-state index in [1.807, 2.05) is 12.1 Å². The molecule has 21 heavy (non-hydrogen) atoms. The van der Waals surface area contributed by atoms with Gasteiger partial charge < -0.3 is 10.4 Å². The standard InChI is InChI=1S/C15H10F3NO2/c16-15(17,18)14(21)19-8-5-6-10-9-3-1-2-4-11(9)13(20)12(10)7-8/h1-7,13,20H,(H,19,21)/t13-/m0/s1. The Hall–Kier alpha value is -2.34. The van der Waals surface area contributed by atoms with E-state index >= 15 is 0 Å². The summed E-state index contributed by atoms with van der Waals surface area (Å²) in [5, 5.41) is 12.0. The molecule has 0 aromatic heterocycles. The molecule has 1 aliphatic carbocycles. The Bertz CT molecular complexity index is 725. The summed E-state index contributed by atoms with van der Waals surface area (Å²) in [5.41, 5.74) is 2.78. The molecule has 3 rings (SSSR count). The fourth-order valence-corrected chi connectivity index (χ4v) is 2.46. The number of carbonyl (C=O) groups is 1. The van der Waals surface area contributed by atoms with Crippen molar-refractivity contribution in [2.24, 2.45) is 0 Å². The molecule has 108 valence electrons. The van der Waals surface area contributed by atoms with Gasteiger partial charge >= 0.3 is 12.1 Å². The fraction of sp³-hybridized carbons (Fsp3) is 0.133. The molecule has 0 saturated carbocycles. The summed E-state index contributed by atoms with van der Waals surface area (Å²) < 4.78 is 36.7. The Kier molecular flexibility index (Phi) is 2.98. The minimum Gasteiger partial charge on any atom is -0.384 e. The van der Waals surface area contributed by atoms with Gasteiger partial charge in [0.1, 0.15) is 6.10 Å². The first kappa shape index (κ1) is 13.6. The molecule has 1 amide bonds. The van der Waals surface area contributed by atoms with Crippen LogP contribution >= 0.6 is 0 Å². The van der Waals surface area contributed by atoms with Gasteiger partial charge in [0.05, 0.1) is 0 Å². The van der Waals surface area contributed by atoms with E-state index in [0.717, 1.165) is 11.1 Å². The van der Waals surface area contributed by atoms with Gasteiger partial charge in [0.2, 0.25) is 0 Å². The van der Waals surface area contributed by atoms with Gasteiger partial charge in [0.15, 0.2) is 0 Å². The number of aliphatic hydroxyl groups excluding tert-OH is 1. The van der Waals surface area contributed by atoms with Gasteiger partial charge in [-0.1, -0.05) is 30.3 Å². The molecule has 1 aliphatic rings. The second-order valence-electron chi connectivity index (χ2n) is 4.74. The summed E-state index contributed by atoms with van der Waals surface area (Å²) in [6.45, 7) is 0. The molecule has 2 aromatic carbocycles. The first-order valence-corrected chi connectivity index (χ1v) is 6.17. The third kappa shape index (κ3) is 2.27. The Morgan fingerprint density at radius 2 is 1.71 bits per heavy atom. The molecule has 0 radical (unpaired) electrons. The van der Waals surface area contributed by atoms with Gasteiger partial charge in [-0.25, -0.2) is 0 Å². The minimum absolute atomic E-state index is 0.00271. The van der Waals surface area contributed by atoms with Crippen molar-refractivity contribution in [1.82, 2.24) is 0 Å². The first-order valence-electron chi connectivity index (χ1n) is 6.17. The maximum Gasteiger partial charge on any atom is 0.471 e. The summed E-state index contributed by atoms with van der Waals surface area (Å²) in [6, 6.07) is 11.5. The second kappa shape index (κ2) is 4.60. The zero-order valence-corrected chi connectivity index (χ0v) is 10.6. The maximum atomic E-state index is 12.2. The van der Waals surface area contributed by atoms with Crippen LogP contribution in [0.15, 0.2) is 42.5 Å². The van der Waals surface area contributed by atoms with Crippen LogP contribution in [-0.2, 0) is 4.79 Å². The Balaban J connectivity index is 1.96. The van der Waals surface area contributed by atoms with Crippen molar-refractivity contribution in [3.8, 4) is 11.1 Å². The first-order chi connectivity index (χ1) is 9.88. The number of hydrogen-bond donors (Lipinski definition) is 2. The van der Waals surface area contributed by atoms with Crippen LogP contribution in [0, 0.1) is 0 Å². The lowest BCUT2D eigenvalue weighted by atomic mass is 10.1. The molecule has 3 nitrogen and oxygen atoms in total. The number of amides is 1. The highest BCUT2D eigenvalue weighted by Gasteiger charge is 2.39. The number of hydrogen-bond acceptors (Lipinski definition) is 2. The van der Waals surface area contributed by atoms with Crippen LogP contribution in [0.4, 0.5) is 18.9 Å². The number of aliphatic hydroxyl groups is 1. The van der Waals surface area contributed by atoms with Crippen LogP contribution in [0.3, 0.4) is 0 Å². The van der Waals surface area contributed by atoms with Crippen molar-refractivity contribution in [3.63, 3.8) is 0 Å². The zero-order valence-electron chi connectivity index (χ0n) is 10.6. The largest absolute Gasteiger partial charge is 0.471 e. The van der Waals surface area contributed by atoms with Crippen LogP contribution in [0.25, 0.3) is 11.1 Å². The van der Waals surface area contributed by atoms with Gasteiger partial charge in [0.25, 0.3) is 0 Å². The van der Waals surface area contributed by atoms with Crippen molar-refractivity contribution in [1.29, 1.82) is 0 Å². The number of carbonyl (C=O) groups excluding carboxylic acids is 1. The number of benzene rings is 2. The van der Waals surface area contributed by atoms with E-state index in [1.165, 1.54) is 12.1 Å². The molecule has 6 heteroatoms. The van der Waals surface area contributed by atoms with Gasteiger partial charge in [-0.2, -0.15) is 13.2 Å². The Labute approximate surface area is 118 Å². The molecule has 0 saturated heterocycles. The van der Waals surface area contributed by atoms with E-state index in [1.54, 1.807) is 23.5 Å². The van der Waals surface area contributed by atoms with Crippen molar-refractivity contribution < 1.29 is 23.1 Å². The van der Waals surface area contributed by atoms with Gasteiger partial charge in [0, 0.05) is 5.69 Å². The highest BCUT2D eigenvalue weighted by Crippen LogP contribution is 2.44. The third-order valence-electron chi connectivity index (χ3n) is 3.41. The topological polar surface area (TPSA) is 49.3 Å². The molecule has 2 aromatic rings. The summed E-state index contributed by atoms with van der Waals surface area (Å²) in [7, 11) is 0. The van der Waals surface area contributed by atoms with Crippen LogP contribution in [-0.4, -0.2) is 17.2 Å². The summed E-state index contributed by atoms with van der Waals surface area (Å²) in [6.07, 6.45) is -5.85. The lowest BCUT2D eigenvalue weighted by Crippen LogP contribution is -2.29. The van der Waals surface area contributed by atoms with Crippen LogP contribution in [0.1, 0.15) is 17.2 Å². The van der Waals surface area contributed by atoms with Crippen molar-refractivity contribution >= 4 is 11.6 Å². The zero-order chi connectivity index (χ0) is 15.2. The molecular weight excluding hydrogens is 283 g/mol. The molecule has 2 N–H and O–H groups in total. The van der Waals surface area contributed by atoms with Crippen LogP contribution < -0.4 is 5.32 Å². The van der Waals surface area contributed by atoms with Gasteiger partial charge in [-0.05, 0) is 34.4 Å². The molecule has 0 aliphatic heterocycles. The average molecular weight is 293 g/mol. The molecule has 0 unspecified atom stereocenters. The number of alkyl halides is 3. The van der Waals surface area contributed by atoms with Gasteiger partial charge in [-0.3, -0.25) is 4.79 Å². The Morgan fingerprint density at radius 3 is 2.43 bits per heavy atom. The van der Waals surface area contributed by atoms with Crippen molar-refractivity contribution in [3.05, 3.63) is 53.6 Å². The molecule has 1 atom stereocenters. The van der Waals surface area contributed by atoms with Crippen LogP contribution in [0.2, 0.25) is 0 Å². The number of halogens is 3. The maximum absolute atomic E-state index is 12.2. The molecule has 0 heterocycles. The predicted molar refractivity (Wildman–Crippen MR) is 70.6 cm³/mol. The van der Waals surface area contributed by atoms with Crippen molar-refractivity contribution in [2.75, 3.05) is 5.32 Å². The predicted octanol–water partition coefficient (Wildman–Crippen LogP) is 3.25. The number of anilines is 1. The third-order valence-corrected chi connectivity index (χ3v) is 3.41. The summed E-state index contributed by atoms with van der Waals surface area (Å²) in [4.78, 5) is 10.9. The lowest BCUT2D eigenvalue weighted by molar-refractivity contribution is -0.167. The molecule has 0 spiro atoms. The normalized spacial score (nSPS) is 16.3. The molecule has 0 fully saturated rings. The van der Waals surface area contributed by atoms with E-state index < -0.39 is 18.2 Å². The van der Waals surface area contributed by atoms with E-state index in [2.05, 4.69) is 0 Å². The van der Waals surface area contributed by atoms with Crippen molar-refractivity contribution in [2.45, 2.75) is 12.3 Å². The number of nitrogens with one attached hydrogen (secondary N) is 1. The monoisotopic (exact) mass is 293 g/mol. The molecule has 0 bridgehead atoms. The molecular formula is C15H10F3NO2. The van der Waals surface area contributed by atoms with Crippen LogP contribution in [0.5, 0.6) is 0 Å². The SMILES string of the molecule is O=C(Nc1ccc2c(c1)[C@@H](O)c1ccccc1-2)C(F)(F)F. The van der Waals surface area contributed by atoms with Gasteiger partial charge in [-0.15, -0.1) is 0 Å². The van der Waals surface area contributed by atoms with E-state index in [4.69, 9.17) is 0 Å². The van der Waals surface area contributed by atoms with E-state index in [0.29, 0.717) is 11.1 Å². The fourth-order valence-electron chi connectivity index (χ4n) is 2.46. The highest BCUT2D eigenvalue weighted by molar-refractivity contribution is 5.95. The smallest absolute Gasteiger partial charge is 0.384 e. The quantitative estimate of drug-likeness (QED) is 0.848. The summed E-state index contributed by atoms with van der Waals surface area (Å²) >= 11 is 0. The minimum atomic E-state index is -4.94. The second-order valence-corrected chi connectivity index (χ2v) is 4.74. The summed E-state index contributed by atoms with van der Waals surface area (Å²) in [5.74, 6) is -2.03. The van der Waals surface area contributed by atoms with E-state index in [9.17, 15) is 23.1 Å². The number of fused-ring (bicyclic) bond motifs is 3. The number of rotatable bonds is 1. The highest BCUT2D eigenvalue weighted by atomic mass is 19.4. The lowest BCUT2D eigenvalue weighted by Gasteiger charge is -2.10. The van der Waals surface area contributed by atoms with E-state index in [-0.39, 0.29) is 5.69 Å².